The summed E-state index contributed by atoms with van der Waals surface area (Å²) < 4.78 is 15.0. The van der Waals surface area contributed by atoms with Gasteiger partial charge in [0.2, 0.25) is 17.7 Å². The molecule has 4 aromatic rings. The van der Waals surface area contributed by atoms with Crippen molar-refractivity contribution < 1.29 is 28.7 Å². The van der Waals surface area contributed by atoms with Crippen molar-refractivity contribution in [1.82, 2.24) is 30.5 Å². The summed E-state index contributed by atoms with van der Waals surface area (Å²) in [4.78, 5) is 61.0. The molecule has 1 saturated carbocycles. The Labute approximate surface area is 324 Å². The van der Waals surface area contributed by atoms with E-state index >= 15 is 0 Å². The van der Waals surface area contributed by atoms with Gasteiger partial charge in [0, 0.05) is 46.9 Å². The minimum Gasteiger partial charge on any atom is -0.497 e. The van der Waals surface area contributed by atoms with Crippen LogP contribution in [-0.4, -0.2) is 91.3 Å². The third kappa shape index (κ3) is 8.67. The fourth-order valence-electron chi connectivity index (χ4n) is 6.62. The van der Waals surface area contributed by atoms with Crippen LogP contribution < -0.4 is 30.1 Å². The second-order valence-electron chi connectivity index (χ2n) is 13.1. The van der Waals surface area contributed by atoms with Gasteiger partial charge >= 0.3 is 0 Å². The maximum absolute atomic E-state index is 14.3. The van der Waals surface area contributed by atoms with Crippen molar-refractivity contribution in [1.29, 1.82) is 0 Å². The lowest BCUT2D eigenvalue weighted by Gasteiger charge is -2.29. The largest absolute Gasteiger partial charge is 0.497 e. The van der Waals surface area contributed by atoms with Crippen LogP contribution in [0.4, 0.5) is 0 Å². The quantitative estimate of drug-likeness (QED) is 0.0576. The summed E-state index contributed by atoms with van der Waals surface area (Å²) >= 11 is 6.77. The molecule has 1 saturated heterocycles. The van der Waals surface area contributed by atoms with Gasteiger partial charge in [0.25, 0.3) is 5.91 Å². The lowest BCUT2D eigenvalue weighted by molar-refractivity contribution is -0.141. The number of nitrogens with one attached hydrogen (secondary N) is 4. The molecule has 12 nitrogen and oxygen atoms in total. The summed E-state index contributed by atoms with van der Waals surface area (Å²) in [5.41, 5.74) is 0.948. The Morgan fingerprint density at radius 3 is 2.50 bits per heavy atom. The molecular weight excluding hydrogens is 727 g/mol. The smallest absolute Gasteiger partial charge is 0.256 e. The van der Waals surface area contributed by atoms with E-state index in [2.05, 4.69) is 27.2 Å². The van der Waals surface area contributed by atoms with Crippen molar-refractivity contribution in [3.63, 3.8) is 0 Å². The number of pyridine rings is 1. The molecular formula is C39H40BClN6O6S. The second kappa shape index (κ2) is 17.4. The van der Waals surface area contributed by atoms with Crippen LogP contribution in [0.1, 0.15) is 19.3 Å². The number of methoxy groups -OCH3 is 1. The number of nitrogens with zero attached hydrogens (tertiary/aromatic N) is 2. The van der Waals surface area contributed by atoms with E-state index < -0.39 is 35.5 Å². The lowest BCUT2D eigenvalue weighted by Crippen LogP contribution is -2.57. The highest BCUT2D eigenvalue weighted by Gasteiger charge is 2.61. The summed E-state index contributed by atoms with van der Waals surface area (Å²) in [7, 11) is 7.43. The molecule has 2 heterocycles. The van der Waals surface area contributed by atoms with Gasteiger partial charge in [-0.05, 0) is 49.1 Å². The van der Waals surface area contributed by atoms with Gasteiger partial charge in [0.1, 0.15) is 35.1 Å². The second-order valence-corrected chi connectivity index (χ2v) is 14.2. The van der Waals surface area contributed by atoms with Gasteiger partial charge in [0.15, 0.2) is 7.98 Å². The zero-order valence-corrected chi connectivity index (χ0v) is 31.2. The third-order valence-corrected chi connectivity index (χ3v) is 10.7. The minimum atomic E-state index is -1.24. The van der Waals surface area contributed by atoms with Gasteiger partial charge in [-0.2, -0.15) is 0 Å². The van der Waals surface area contributed by atoms with E-state index in [-0.39, 0.29) is 49.5 Å². The molecule has 4 N–H and O–H groups in total. The summed E-state index contributed by atoms with van der Waals surface area (Å²) in [6, 6.07) is 24.4. The number of carbonyl (C=O) groups is 4. The monoisotopic (exact) mass is 766 g/mol. The number of benzene rings is 3. The van der Waals surface area contributed by atoms with Crippen molar-refractivity contribution in [2.45, 2.75) is 47.9 Å². The molecule has 2 fully saturated rings. The number of alkyl halides is 1. The maximum Gasteiger partial charge on any atom is 0.256 e. The highest BCUT2D eigenvalue weighted by atomic mass is 35.5. The molecule has 54 heavy (non-hydrogen) atoms. The summed E-state index contributed by atoms with van der Waals surface area (Å²) in [5, 5.41) is 8.87. The zero-order chi connectivity index (χ0) is 38.2. The van der Waals surface area contributed by atoms with E-state index in [1.54, 1.807) is 13.2 Å². The fraction of sp³-hybridized carbons (Fsp3) is 0.308. The van der Waals surface area contributed by atoms with E-state index in [9.17, 15) is 19.2 Å². The Morgan fingerprint density at radius 2 is 1.83 bits per heavy atom. The first-order valence-electron chi connectivity index (χ1n) is 17.5. The van der Waals surface area contributed by atoms with Gasteiger partial charge in [-0.15, -0.1) is 18.2 Å². The van der Waals surface area contributed by atoms with Crippen LogP contribution in [0.2, 0.25) is 0 Å². The van der Waals surface area contributed by atoms with Gasteiger partial charge < -0.3 is 30.2 Å². The molecule has 0 bridgehead atoms. The van der Waals surface area contributed by atoms with Crippen LogP contribution in [0.3, 0.4) is 0 Å². The Morgan fingerprint density at radius 1 is 1.09 bits per heavy atom. The standard InChI is InChI=1S/C39H40BClN6O6S/c1-3-25-21-39(25,38(51)46-54-28-12-8-5-9-13-28)44-36(49)33-19-27(23-47(33)37(50)30(45-40)16-17-42-35(48)22-41)53-34-20-31(24-10-6-4-7-11-24)43-32-18-26(52-2)14-15-29(32)34/h3-15,18,20,25,27,30,33,45H,1,16-17,19,21-23H2,2H3,(H,42,48)(H,44,49)(H,46,51)/t25-,27-,30+,33+,39-/m1/s1. The average Bonchev–Trinajstić information content (AvgIpc) is 3.76. The van der Waals surface area contributed by atoms with Crippen LogP contribution in [-0.2, 0) is 19.2 Å². The Hall–Kier alpha value is -5.05. The summed E-state index contributed by atoms with van der Waals surface area (Å²) in [6.45, 7) is 4.03. The number of halogens is 1. The van der Waals surface area contributed by atoms with E-state index in [1.807, 2.05) is 84.9 Å². The zero-order valence-electron chi connectivity index (χ0n) is 29.6. The molecule has 5 atom stereocenters. The molecule has 1 aromatic heterocycles. The van der Waals surface area contributed by atoms with Crippen molar-refractivity contribution in [2.75, 3.05) is 26.1 Å². The number of hydrogen-bond donors (Lipinski definition) is 4. The molecule has 15 heteroatoms. The number of rotatable bonds is 16. The topological polar surface area (TPSA) is 151 Å². The number of hydrogen-bond acceptors (Lipinski definition) is 9. The van der Waals surface area contributed by atoms with Crippen LogP contribution in [0.15, 0.2) is 102 Å². The Kier molecular flexibility index (Phi) is 12.5. The maximum atomic E-state index is 14.3. The minimum absolute atomic E-state index is 0.0394. The highest BCUT2D eigenvalue weighted by Crippen LogP contribution is 2.45. The first-order chi connectivity index (χ1) is 26.2. The predicted molar refractivity (Wildman–Crippen MR) is 209 cm³/mol. The SMILES string of the molecule is [B]N[C@@H](CCNC(=O)CCl)C(=O)N1C[C@H](Oc2cc(-c3ccccc3)nc3cc(OC)ccc23)C[C@H]1C(=O)N[C@]1(C(=O)NSc2ccccc2)C[C@H]1C=C. The number of fused-ring (bicyclic) bond motifs is 1. The van der Waals surface area contributed by atoms with E-state index in [0.29, 0.717) is 29.1 Å². The van der Waals surface area contributed by atoms with Crippen molar-refractivity contribution in [2.24, 2.45) is 5.92 Å². The molecule has 1 aliphatic carbocycles. The first-order valence-corrected chi connectivity index (χ1v) is 18.8. The van der Waals surface area contributed by atoms with Gasteiger partial charge in [0.05, 0.1) is 30.9 Å². The van der Waals surface area contributed by atoms with Crippen molar-refractivity contribution in [3.05, 3.63) is 97.6 Å². The Bertz CT molecular complexity index is 2010. The molecule has 6 rings (SSSR count). The van der Waals surface area contributed by atoms with Crippen LogP contribution in [0, 0.1) is 5.92 Å². The summed E-state index contributed by atoms with van der Waals surface area (Å²) in [5.74, 6) is -1.14. The average molecular weight is 767 g/mol. The molecule has 1 aliphatic heterocycles. The van der Waals surface area contributed by atoms with E-state index in [0.717, 1.165) is 27.8 Å². The predicted octanol–water partition coefficient (Wildman–Crippen LogP) is 3.93. The van der Waals surface area contributed by atoms with Crippen molar-refractivity contribution >= 4 is 66.1 Å². The molecule has 3 aromatic carbocycles. The van der Waals surface area contributed by atoms with Gasteiger partial charge in [-0.25, -0.2) is 4.98 Å². The molecule has 2 aliphatic rings. The molecule has 4 amide bonds. The highest BCUT2D eigenvalue weighted by molar-refractivity contribution is 7.98. The summed E-state index contributed by atoms with van der Waals surface area (Å²) in [6.07, 6.45) is 1.61. The van der Waals surface area contributed by atoms with Crippen LogP contribution in [0.5, 0.6) is 11.5 Å². The number of ether oxygens (including phenoxy) is 2. The molecule has 2 radical (unpaired) electrons. The normalized spacial score (nSPS) is 20.8. The van der Waals surface area contributed by atoms with Gasteiger partial charge in [-0.3, -0.25) is 23.9 Å². The van der Waals surface area contributed by atoms with Crippen LogP contribution in [0.25, 0.3) is 22.2 Å². The third-order valence-electron chi connectivity index (χ3n) is 9.62. The molecule has 278 valence electrons. The van der Waals surface area contributed by atoms with Gasteiger partial charge in [-0.1, -0.05) is 54.6 Å². The number of likely N-dealkylation sites (tertiary alicyclic amines) is 1. The number of aromatic nitrogens is 1. The Balaban J connectivity index is 1.28. The van der Waals surface area contributed by atoms with E-state index in [1.165, 1.54) is 4.90 Å². The van der Waals surface area contributed by atoms with Crippen LogP contribution >= 0.6 is 23.5 Å². The number of amides is 4. The van der Waals surface area contributed by atoms with E-state index in [4.69, 9.17) is 34.0 Å². The first kappa shape index (κ1) is 38.7. The molecule has 0 spiro atoms. The number of carbonyl (C=O) groups excluding carboxylic acids is 4. The fourth-order valence-corrected chi connectivity index (χ4v) is 7.40. The lowest BCUT2D eigenvalue weighted by atomic mass is 10.1. The molecule has 0 unspecified atom stereocenters. The van der Waals surface area contributed by atoms with Crippen molar-refractivity contribution in [3.8, 4) is 22.8 Å².